The van der Waals surface area contributed by atoms with Crippen molar-refractivity contribution in [2.45, 2.75) is 25.7 Å². The van der Waals surface area contributed by atoms with Crippen molar-refractivity contribution in [3.05, 3.63) is 76.6 Å². The molecular formula is C24H30N6O2. The molecule has 0 saturated carbocycles. The van der Waals surface area contributed by atoms with Gasteiger partial charge in [0.25, 0.3) is 11.8 Å². The molecule has 8 heteroatoms. The number of aromatic amines is 1. The molecule has 32 heavy (non-hydrogen) atoms. The Morgan fingerprint density at radius 1 is 0.844 bits per heavy atom. The summed E-state index contributed by atoms with van der Waals surface area (Å²) in [6, 6.07) is 15.1. The quantitative estimate of drug-likeness (QED) is 0.617. The standard InChI is InChI=1S/C24H30N6O2/c1-16(2)15-24(23-25-27-28-26-23,19-11-7-17(8-12-19)21(31)29(3)4)20-13-9-18(10-14-20)22(32)30(5)6/h7-14,16H,15H2,1-6H3,(H,25,26,27,28). The number of tetrazole rings is 1. The maximum atomic E-state index is 12.4. The molecule has 0 unspecified atom stereocenters. The Morgan fingerprint density at radius 3 is 1.59 bits per heavy atom. The van der Waals surface area contributed by atoms with Crippen molar-refractivity contribution in [2.24, 2.45) is 5.92 Å². The highest BCUT2D eigenvalue weighted by molar-refractivity contribution is 5.94. The van der Waals surface area contributed by atoms with Crippen molar-refractivity contribution in [1.82, 2.24) is 30.4 Å². The summed E-state index contributed by atoms with van der Waals surface area (Å²) in [4.78, 5) is 27.9. The van der Waals surface area contributed by atoms with Crippen molar-refractivity contribution < 1.29 is 9.59 Å². The molecule has 0 saturated heterocycles. The lowest BCUT2D eigenvalue weighted by molar-refractivity contribution is 0.0820. The van der Waals surface area contributed by atoms with Crippen molar-refractivity contribution in [3.63, 3.8) is 0 Å². The number of carbonyl (C=O) groups is 2. The third kappa shape index (κ3) is 4.39. The molecule has 8 nitrogen and oxygen atoms in total. The van der Waals surface area contributed by atoms with E-state index in [4.69, 9.17) is 0 Å². The van der Waals surface area contributed by atoms with Gasteiger partial charge < -0.3 is 9.80 Å². The minimum Gasteiger partial charge on any atom is -0.345 e. The smallest absolute Gasteiger partial charge is 0.253 e. The topological polar surface area (TPSA) is 95.1 Å². The van der Waals surface area contributed by atoms with E-state index >= 15 is 0 Å². The van der Waals surface area contributed by atoms with Crippen LogP contribution in [0.25, 0.3) is 0 Å². The molecule has 2 amide bonds. The molecule has 0 spiro atoms. The van der Waals surface area contributed by atoms with Gasteiger partial charge in [0, 0.05) is 39.3 Å². The Hall–Kier alpha value is -3.55. The fourth-order valence-electron chi connectivity index (χ4n) is 4.02. The summed E-state index contributed by atoms with van der Waals surface area (Å²) >= 11 is 0. The molecule has 0 aliphatic heterocycles. The number of H-pyrrole nitrogens is 1. The first-order valence-corrected chi connectivity index (χ1v) is 10.5. The molecule has 0 fully saturated rings. The fourth-order valence-corrected chi connectivity index (χ4v) is 4.02. The highest BCUT2D eigenvalue weighted by Crippen LogP contribution is 2.42. The van der Waals surface area contributed by atoms with Crippen LogP contribution in [0.1, 0.15) is 57.9 Å². The molecule has 0 aliphatic rings. The second-order valence-electron chi connectivity index (χ2n) is 8.79. The van der Waals surface area contributed by atoms with Crippen molar-refractivity contribution in [3.8, 4) is 0 Å². The molecule has 168 valence electrons. The van der Waals surface area contributed by atoms with Crippen LogP contribution >= 0.6 is 0 Å². The van der Waals surface area contributed by atoms with Crippen LogP contribution in [0.15, 0.2) is 48.5 Å². The molecular weight excluding hydrogens is 404 g/mol. The molecule has 1 N–H and O–H groups in total. The third-order valence-electron chi connectivity index (χ3n) is 5.50. The normalized spacial score (nSPS) is 11.5. The second-order valence-corrected chi connectivity index (χ2v) is 8.79. The molecule has 3 aromatic rings. The van der Waals surface area contributed by atoms with Crippen molar-refractivity contribution in [2.75, 3.05) is 28.2 Å². The molecule has 2 aromatic carbocycles. The lowest BCUT2D eigenvalue weighted by atomic mass is 9.68. The Balaban J connectivity index is 2.18. The molecule has 1 aromatic heterocycles. The minimum absolute atomic E-state index is 0.0582. The van der Waals surface area contributed by atoms with Gasteiger partial charge in [0.2, 0.25) is 0 Å². The largest absolute Gasteiger partial charge is 0.345 e. The zero-order valence-electron chi connectivity index (χ0n) is 19.5. The predicted octanol–water partition coefficient (Wildman–Crippen LogP) is 2.98. The Labute approximate surface area is 188 Å². The first-order chi connectivity index (χ1) is 15.2. The highest BCUT2D eigenvalue weighted by atomic mass is 16.2. The summed E-state index contributed by atoms with van der Waals surface area (Å²) in [5, 5.41) is 15.1. The van der Waals surface area contributed by atoms with E-state index in [1.807, 2.05) is 48.5 Å². The zero-order chi connectivity index (χ0) is 23.5. The average molecular weight is 435 g/mol. The minimum atomic E-state index is -0.694. The zero-order valence-corrected chi connectivity index (χ0v) is 19.5. The number of nitrogens with zero attached hydrogens (tertiary/aromatic N) is 5. The molecule has 3 rings (SSSR count). The summed E-state index contributed by atoms with van der Waals surface area (Å²) in [7, 11) is 6.93. The van der Waals surface area contributed by atoms with Crippen LogP contribution in [0.2, 0.25) is 0 Å². The summed E-state index contributed by atoms with van der Waals surface area (Å²) in [6.07, 6.45) is 0.717. The number of hydrogen-bond acceptors (Lipinski definition) is 5. The van der Waals surface area contributed by atoms with Crippen LogP contribution in [0.3, 0.4) is 0 Å². The third-order valence-corrected chi connectivity index (χ3v) is 5.50. The van der Waals surface area contributed by atoms with Gasteiger partial charge in [-0.25, -0.2) is 0 Å². The molecule has 0 bridgehead atoms. The van der Waals surface area contributed by atoms with E-state index in [0.29, 0.717) is 29.3 Å². The van der Waals surface area contributed by atoms with Crippen molar-refractivity contribution >= 4 is 11.8 Å². The first kappa shape index (κ1) is 23.1. The maximum absolute atomic E-state index is 12.4. The fraction of sp³-hybridized carbons (Fsp3) is 0.375. The molecule has 0 atom stereocenters. The van der Waals surface area contributed by atoms with Gasteiger partial charge in [0.15, 0.2) is 5.82 Å². The van der Waals surface area contributed by atoms with E-state index in [1.54, 1.807) is 38.0 Å². The van der Waals surface area contributed by atoms with Crippen LogP contribution in [0.4, 0.5) is 0 Å². The van der Waals surface area contributed by atoms with Gasteiger partial charge in [-0.2, -0.15) is 5.21 Å². The van der Waals surface area contributed by atoms with Crippen molar-refractivity contribution in [1.29, 1.82) is 0 Å². The van der Waals surface area contributed by atoms with E-state index in [9.17, 15) is 9.59 Å². The van der Waals surface area contributed by atoms with E-state index < -0.39 is 5.41 Å². The van der Waals surface area contributed by atoms with Gasteiger partial charge in [-0.1, -0.05) is 43.3 Å². The van der Waals surface area contributed by atoms with Gasteiger partial charge in [0.1, 0.15) is 0 Å². The van der Waals surface area contributed by atoms with E-state index in [0.717, 1.165) is 11.1 Å². The number of benzene rings is 2. The number of aromatic nitrogens is 4. The Morgan fingerprint density at radius 2 is 1.28 bits per heavy atom. The number of rotatable bonds is 7. The average Bonchev–Trinajstić information content (AvgIpc) is 3.32. The Bertz CT molecular complexity index is 991. The Kier molecular flexibility index (Phi) is 6.72. The predicted molar refractivity (Wildman–Crippen MR) is 122 cm³/mol. The van der Waals surface area contributed by atoms with Crippen LogP contribution < -0.4 is 0 Å². The van der Waals surface area contributed by atoms with Crippen LogP contribution in [-0.4, -0.2) is 70.4 Å². The van der Waals surface area contributed by atoms with Crippen LogP contribution in [0, 0.1) is 5.92 Å². The molecule has 0 radical (unpaired) electrons. The van der Waals surface area contributed by atoms with Gasteiger partial charge >= 0.3 is 0 Å². The number of hydrogen-bond donors (Lipinski definition) is 1. The van der Waals surface area contributed by atoms with Crippen LogP contribution in [-0.2, 0) is 5.41 Å². The molecule has 1 heterocycles. The maximum Gasteiger partial charge on any atom is 0.253 e. The monoisotopic (exact) mass is 434 g/mol. The summed E-state index contributed by atoms with van der Waals surface area (Å²) in [5.41, 5.74) is 2.43. The van der Waals surface area contributed by atoms with Gasteiger partial charge in [-0.3, -0.25) is 9.59 Å². The SMILES string of the molecule is CC(C)CC(c1ccc(C(=O)N(C)C)cc1)(c1ccc(C(=O)N(C)C)cc1)c1nn[nH]n1. The number of amides is 2. The first-order valence-electron chi connectivity index (χ1n) is 10.5. The number of carbonyl (C=O) groups excluding carboxylic acids is 2. The van der Waals surface area contributed by atoms with Gasteiger partial charge in [0.05, 0.1) is 5.41 Å². The molecule has 0 aliphatic carbocycles. The lowest BCUT2D eigenvalue weighted by Crippen LogP contribution is -2.33. The summed E-state index contributed by atoms with van der Waals surface area (Å²) < 4.78 is 0. The highest BCUT2D eigenvalue weighted by Gasteiger charge is 2.41. The van der Waals surface area contributed by atoms with Gasteiger partial charge in [-0.05, 0) is 47.7 Å². The van der Waals surface area contributed by atoms with E-state index in [-0.39, 0.29) is 11.8 Å². The van der Waals surface area contributed by atoms with Crippen LogP contribution in [0.5, 0.6) is 0 Å². The van der Waals surface area contributed by atoms with Gasteiger partial charge in [-0.15, -0.1) is 10.2 Å². The lowest BCUT2D eigenvalue weighted by Gasteiger charge is -2.34. The second kappa shape index (κ2) is 9.30. The number of nitrogens with one attached hydrogen (secondary N) is 1. The summed E-state index contributed by atoms with van der Waals surface area (Å²) in [6.45, 7) is 4.28. The van der Waals surface area contributed by atoms with E-state index in [2.05, 4.69) is 34.5 Å². The van der Waals surface area contributed by atoms with E-state index in [1.165, 1.54) is 0 Å². The summed E-state index contributed by atoms with van der Waals surface area (Å²) in [5.74, 6) is 0.735.